The van der Waals surface area contributed by atoms with Crippen molar-refractivity contribution in [1.82, 2.24) is 19.9 Å². The number of aryl methyl sites for hydroxylation is 4. The third-order valence-corrected chi connectivity index (χ3v) is 7.62. The first-order chi connectivity index (χ1) is 16.0. The quantitative estimate of drug-likeness (QED) is 0.355. The van der Waals surface area contributed by atoms with Crippen molar-refractivity contribution in [2.45, 2.75) is 71.6 Å². The Balaban J connectivity index is 1.42. The molecule has 0 radical (unpaired) electrons. The molecule has 2 aromatic heterocycles. The lowest BCUT2D eigenvalue weighted by molar-refractivity contribution is 0.689. The minimum Gasteiger partial charge on any atom is -0.342 e. The zero-order valence-electron chi connectivity index (χ0n) is 20.0. The van der Waals surface area contributed by atoms with Crippen LogP contribution in [-0.4, -0.2) is 19.9 Å². The molecule has 2 aliphatic carbocycles. The average molecular weight is 437 g/mol. The number of aromatic amines is 2. The molecule has 0 fully saturated rings. The lowest BCUT2D eigenvalue weighted by Crippen LogP contribution is -2.14. The zero-order chi connectivity index (χ0) is 22.7. The fraction of sp³-hybridized carbons (Fsp3) is 0.379. The molecule has 4 heteroatoms. The fourth-order valence-electron chi connectivity index (χ4n) is 5.52. The molecule has 1 atom stereocenters. The summed E-state index contributed by atoms with van der Waals surface area (Å²) in [6.07, 6.45) is 9.50. The van der Waals surface area contributed by atoms with Crippen molar-refractivity contribution >= 4 is 0 Å². The highest BCUT2D eigenvalue weighted by Crippen LogP contribution is 2.45. The number of H-pyrrole nitrogens is 2. The molecular formula is C29H32N4. The van der Waals surface area contributed by atoms with Crippen molar-refractivity contribution in [2.75, 3.05) is 0 Å². The first kappa shape index (κ1) is 20.5. The van der Waals surface area contributed by atoms with E-state index in [2.05, 4.69) is 71.9 Å². The van der Waals surface area contributed by atoms with E-state index in [4.69, 9.17) is 0 Å². The maximum Gasteiger partial charge on any atom is 0.109 e. The number of rotatable bonds is 5. The van der Waals surface area contributed by atoms with E-state index in [1.165, 1.54) is 44.5 Å². The number of hydrogen-bond acceptors (Lipinski definition) is 2. The van der Waals surface area contributed by atoms with Crippen LogP contribution in [0.3, 0.4) is 0 Å². The van der Waals surface area contributed by atoms with Crippen LogP contribution in [0.4, 0.5) is 0 Å². The highest BCUT2D eigenvalue weighted by Gasteiger charge is 2.27. The number of hydrogen-bond donors (Lipinski definition) is 2. The summed E-state index contributed by atoms with van der Waals surface area (Å²) in [7, 11) is 0. The Morgan fingerprint density at radius 2 is 1.12 bits per heavy atom. The van der Waals surface area contributed by atoms with Gasteiger partial charge in [-0.3, -0.25) is 0 Å². The topological polar surface area (TPSA) is 57.4 Å². The molecule has 1 unspecified atom stereocenters. The standard InChI is InChI=1S/C29H32N4/c1-5-17(4)29-31-15-25(33-29)23-12-20-8-6-18-10-22(24-14-30-28(32-24)16(2)3)11-19-7-9-21(13-23)27(20)26(18)19/h10-17H,5-9H2,1-4H3,(H,30,32)(H,31,33). The molecular weight excluding hydrogens is 404 g/mol. The second-order valence-electron chi connectivity index (χ2n) is 10.2. The Labute approximate surface area is 195 Å². The molecule has 0 aliphatic heterocycles. The Hall–Kier alpha value is -3.14. The normalized spacial score (nSPS) is 15.1. The molecule has 6 rings (SSSR count). The number of nitrogens with zero attached hydrogens (tertiary/aromatic N) is 2. The summed E-state index contributed by atoms with van der Waals surface area (Å²) in [5, 5.41) is 0. The van der Waals surface area contributed by atoms with Crippen molar-refractivity contribution in [3.63, 3.8) is 0 Å². The Bertz CT molecular complexity index is 1300. The molecule has 2 heterocycles. The SMILES string of the molecule is CCC(C)c1ncc(-c2cc3c4c(c2)CCc2cc(-c5cnc(C(C)C)[nH]5)cc(c2-4)CC3)[nH]1. The van der Waals surface area contributed by atoms with E-state index < -0.39 is 0 Å². The van der Waals surface area contributed by atoms with E-state index in [9.17, 15) is 0 Å². The third kappa shape index (κ3) is 3.35. The van der Waals surface area contributed by atoms with Crippen LogP contribution in [0.1, 0.15) is 79.9 Å². The number of aromatic nitrogens is 4. The molecule has 0 saturated carbocycles. The third-order valence-electron chi connectivity index (χ3n) is 7.62. The predicted molar refractivity (Wildman–Crippen MR) is 135 cm³/mol. The molecule has 0 saturated heterocycles. The number of nitrogens with one attached hydrogen (secondary N) is 2. The van der Waals surface area contributed by atoms with E-state index in [1.807, 2.05) is 12.4 Å². The Kier molecular flexibility index (Phi) is 4.79. The molecule has 2 N–H and O–H groups in total. The van der Waals surface area contributed by atoms with Crippen molar-refractivity contribution in [2.24, 2.45) is 0 Å². The van der Waals surface area contributed by atoms with Gasteiger partial charge < -0.3 is 9.97 Å². The summed E-state index contributed by atoms with van der Waals surface area (Å²) in [4.78, 5) is 16.4. The molecule has 4 aromatic rings. The maximum absolute atomic E-state index is 4.67. The monoisotopic (exact) mass is 436 g/mol. The highest BCUT2D eigenvalue weighted by atomic mass is 14.9. The van der Waals surface area contributed by atoms with Gasteiger partial charge in [0.15, 0.2) is 0 Å². The fourth-order valence-corrected chi connectivity index (χ4v) is 5.52. The smallest absolute Gasteiger partial charge is 0.109 e. The lowest BCUT2D eigenvalue weighted by Gasteiger charge is -2.30. The molecule has 2 aliphatic rings. The van der Waals surface area contributed by atoms with Gasteiger partial charge in [-0.05, 0) is 89.8 Å². The minimum absolute atomic E-state index is 0.412. The van der Waals surface area contributed by atoms with Gasteiger partial charge in [0, 0.05) is 23.0 Å². The van der Waals surface area contributed by atoms with Crippen LogP contribution in [0.2, 0.25) is 0 Å². The number of imidazole rings is 2. The van der Waals surface area contributed by atoms with Gasteiger partial charge >= 0.3 is 0 Å². The largest absolute Gasteiger partial charge is 0.342 e. The van der Waals surface area contributed by atoms with Gasteiger partial charge in [-0.15, -0.1) is 0 Å². The summed E-state index contributed by atoms with van der Waals surface area (Å²) in [5.74, 6) is 3.03. The predicted octanol–water partition coefficient (Wildman–Crippen LogP) is 6.97. The van der Waals surface area contributed by atoms with E-state index in [-0.39, 0.29) is 0 Å². The van der Waals surface area contributed by atoms with Gasteiger partial charge in [-0.1, -0.05) is 27.7 Å². The number of benzene rings is 2. The van der Waals surface area contributed by atoms with Crippen molar-refractivity contribution in [3.8, 4) is 33.6 Å². The lowest BCUT2D eigenvalue weighted by atomic mass is 9.74. The van der Waals surface area contributed by atoms with Crippen LogP contribution in [0.5, 0.6) is 0 Å². The van der Waals surface area contributed by atoms with E-state index in [0.717, 1.165) is 55.1 Å². The first-order valence-corrected chi connectivity index (χ1v) is 12.4. The van der Waals surface area contributed by atoms with E-state index in [0.29, 0.717) is 11.8 Å². The maximum atomic E-state index is 4.67. The molecule has 2 aromatic carbocycles. The van der Waals surface area contributed by atoms with Crippen LogP contribution in [0, 0.1) is 0 Å². The van der Waals surface area contributed by atoms with Crippen LogP contribution >= 0.6 is 0 Å². The summed E-state index contributed by atoms with van der Waals surface area (Å²) in [6, 6.07) is 9.61. The van der Waals surface area contributed by atoms with Crippen LogP contribution in [0.25, 0.3) is 33.6 Å². The summed E-state index contributed by atoms with van der Waals surface area (Å²) in [6.45, 7) is 8.81. The second kappa shape index (κ2) is 7.72. The summed E-state index contributed by atoms with van der Waals surface area (Å²) < 4.78 is 0. The molecule has 168 valence electrons. The molecule has 0 bridgehead atoms. The average Bonchev–Trinajstić information content (AvgIpc) is 3.52. The van der Waals surface area contributed by atoms with Gasteiger partial charge in [0.2, 0.25) is 0 Å². The van der Waals surface area contributed by atoms with Crippen molar-refractivity contribution < 1.29 is 0 Å². The van der Waals surface area contributed by atoms with Crippen LogP contribution in [0.15, 0.2) is 36.7 Å². The van der Waals surface area contributed by atoms with E-state index in [1.54, 1.807) is 0 Å². The van der Waals surface area contributed by atoms with Gasteiger partial charge in [0.05, 0.1) is 23.8 Å². The summed E-state index contributed by atoms with van der Waals surface area (Å²) >= 11 is 0. The summed E-state index contributed by atoms with van der Waals surface area (Å²) in [5.41, 5.74) is 13.8. The molecule has 0 spiro atoms. The molecule has 4 nitrogen and oxygen atoms in total. The Morgan fingerprint density at radius 1 is 0.697 bits per heavy atom. The van der Waals surface area contributed by atoms with Crippen LogP contribution < -0.4 is 0 Å². The minimum atomic E-state index is 0.412. The van der Waals surface area contributed by atoms with Gasteiger partial charge in [0.1, 0.15) is 11.6 Å². The Morgan fingerprint density at radius 3 is 1.52 bits per heavy atom. The zero-order valence-corrected chi connectivity index (χ0v) is 20.0. The first-order valence-electron chi connectivity index (χ1n) is 12.4. The van der Waals surface area contributed by atoms with Gasteiger partial charge in [-0.25, -0.2) is 9.97 Å². The highest BCUT2D eigenvalue weighted by molar-refractivity contribution is 5.85. The van der Waals surface area contributed by atoms with Crippen molar-refractivity contribution in [1.29, 1.82) is 0 Å². The second-order valence-corrected chi connectivity index (χ2v) is 10.2. The van der Waals surface area contributed by atoms with E-state index >= 15 is 0 Å². The van der Waals surface area contributed by atoms with Gasteiger partial charge in [0.25, 0.3) is 0 Å². The molecule has 33 heavy (non-hydrogen) atoms. The van der Waals surface area contributed by atoms with Crippen LogP contribution in [-0.2, 0) is 25.7 Å². The van der Waals surface area contributed by atoms with Gasteiger partial charge in [-0.2, -0.15) is 0 Å². The van der Waals surface area contributed by atoms with Crippen molar-refractivity contribution in [3.05, 3.63) is 70.6 Å². The molecule has 0 amide bonds.